The molecule has 1 aromatic heterocycles. The summed E-state index contributed by atoms with van der Waals surface area (Å²) in [6, 6.07) is 11.2. The molecule has 3 rings (SSSR count). The smallest absolute Gasteiger partial charge is 0.337 e. The van der Waals surface area contributed by atoms with Crippen LogP contribution in [0.3, 0.4) is 0 Å². The Morgan fingerprint density at radius 3 is 2.46 bits per heavy atom. The summed E-state index contributed by atoms with van der Waals surface area (Å²) in [6.45, 7) is 0. The molecule has 3 aromatic rings. The van der Waals surface area contributed by atoms with Gasteiger partial charge in [-0.3, -0.25) is 4.79 Å². The molecule has 0 radical (unpaired) electrons. The number of halogens is 2. The summed E-state index contributed by atoms with van der Waals surface area (Å²) >= 11 is 11.9. The summed E-state index contributed by atoms with van der Waals surface area (Å²) in [5.41, 5.74) is 1.58. The number of hydrogen-bond acceptors (Lipinski definition) is 5. The number of anilines is 1. The highest BCUT2D eigenvalue weighted by Crippen LogP contribution is 2.28. The first-order valence-electron chi connectivity index (χ1n) is 7.38. The van der Waals surface area contributed by atoms with Crippen molar-refractivity contribution in [3.8, 4) is 11.5 Å². The molecule has 0 aliphatic carbocycles. The lowest BCUT2D eigenvalue weighted by molar-refractivity contribution is 0.0600. The Bertz CT molecular complexity index is 968. The average molecular weight is 391 g/mol. The molecule has 0 atom stereocenters. The summed E-state index contributed by atoms with van der Waals surface area (Å²) in [4.78, 5) is 27.8. The van der Waals surface area contributed by atoms with E-state index in [2.05, 4.69) is 15.0 Å². The lowest BCUT2D eigenvalue weighted by atomic mass is 10.2. The second-order valence-electron chi connectivity index (χ2n) is 5.19. The van der Waals surface area contributed by atoms with E-state index in [0.717, 1.165) is 0 Å². The molecule has 132 valence electrons. The number of ether oxygens (including phenoxy) is 1. The maximum atomic E-state index is 12.3. The van der Waals surface area contributed by atoms with Gasteiger partial charge in [-0.25, -0.2) is 9.78 Å². The van der Waals surface area contributed by atoms with Gasteiger partial charge in [-0.05, 0) is 42.5 Å². The molecule has 0 unspecified atom stereocenters. The number of oxazole rings is 1. The standard InChI is InChI=1S/C18H12Cl2N2O4/c1-25-18(24)10-2-5-12(6-3-10)21-16(23)15-9-26-17(22-15)11-4-7-13(19)14(20)8-11/h2-9H,1H3,(H,21,23). The van der Waals surface area contributed by atoms with Crippen molar-refractivity contribution >= 4 is 40.8 Å². The van der Waals surface area contributed by atoms with E-state index in [1.807, 2.05) is 0 Å². The topological polar surface area (TPSA) is 81.4 Å². The third-order valence-electron chi connectivity index (χ3n) is 3.47. The number of aromatic nitrogens is 1. The molecule has 8 heteroatoms. The molecule has 1 N–H and O–H groups in total. The largest absolute Gasteiger partial charge is 0.465 e. The number of methoxy groups -OCH3 is 1. The van der Waals surface area contributed by atoms with Crippen LogP contribution in [0, 0.1) is 0 Å². The number of nitrogens with zero attached hydrogens (tertiary/aromatic N) is 1. The molecular weight excluding hydrogens is 379 g/mol. The third kappa shape index (κ3) is 3.87. The van der Waals surface area contributed by atoms with Crippen molar-refractivity contribution in [1.82, 2.24) is 4.98 Å². The third-order valence-corrected chi connectivity index (χ3v) is 4.21. The molecule has 1 heterocycles. The first-order valence-corrected chi connectivity index (χ1v) is 8.14. The molecule has 1 amide bonds. The first-order chi connectivity index (χ1) is 12.5. The van der Waals surface area contributed by atoms with Crippen molar-refractivity contribution in [3.05, 3.63) is 70.0 Å². The number of esters is 1. The van der Waals surface area contributed by atoms with Gasteiger partial charge in [0.2, 0.25) is 5.89 Å². The number of carbonyl (C=O) groups is 2. The van der Waals surface area contributed by atoms with Gasteiger partial charge in [0.1, 0.15) is 6.26 Å². The van der Waals surface area contributed by atoms with E-state index >= 15 is 0 Å². The fourth-order valence-corrected chi connectivity index (χ4v) is 2.44. The van der Waals surface area contributed by atoms with Crippen LogP contribution >= 0.6 is 23.2 Å². The maximum absolute atomic E-state index is 12.3. The van der Waals surface area contributed by atoms with Crippen molar-refractivity contribution in [3.63, 3.8) is 0 Å². The van der Waals surface area contributed by atoms with Crippen molar-refractivity contribution < 1.29 is 18.7 Å². The Morgan fingerprint density at radius 1 is 1.08 bits per heavy atom. The number of benzene rings is 2. The van der Waals surface area contributed by atoms with Crippen LogP contribution in [0.25, 0.3) is 11.5 Å². The highest BCUT2D eigenvalue weighted by atomic mass is 35.5. The quantitative estimate of drug-likeness (QED) is 0.653. The van der Waals surface area contributed by atoms with Gasteiger partial charge in [0.25, 0.3) is 5.91 Å². The lowest BCUT2D eigenvalue weighted by Crippen LogP contribution is -2.12. The minimum atomic E-state index is -0.453. The van der Waals surface area contributed by atoms with Gasteiger partial charge in [-0.2, -0.15) is 0 Å². The second-order valence-corrected chi connectivity index (χ2v) is 6.00. The molecule has 0 saturated heterocycles. The van der Waals surface area contributed by atoms with Crippen LogP contribution in [0.2, 0.25) is 10.0 Å². The highest BCUT2D eigenvalue weighted by molar-refractivity contribution is 6.42. The second kappa shape index (κ2) is 7.59. The van der Waals surface area contributed by atoms with Crippen LogP contribution in [-0.4, -0.2) is 24.0 Å². The fraction of sp³-hybridized carbons (Fsp3) is 0.0556. The van der Waals surface area contributed by atoms with Gasteiger partial charge in [0.15, 0.2) is 5.69 Å². The minimum absolute atomic E-state index is 0.100. The summed E-state index contributed by atoms with van der Waals surface area (Å²) in [7, 11) is 1.30. The fourth-order valence-electron chi connectivity index (χ4n) is 2.14. The van der Waals surface area contributed by atoms with E-state index in [1.165, 1.54) is 13.4 Å². The number of nitrogens with one attached hydrogen (secondary N) is 1. The normalized spacial score (nSPS) is 10.4. The molecule has 26 heavy (non-hydrogen) atoms. The number of amides is 1. The zero-order chi connectivity index (χ0) is 18.7. The summed E-state index contributed by atoms with van der Waals surface area (Å²) < 4.78 is 9.96. The van der Waals surface area contributed by atoms with Gasteiger partial charge >= 0.3 is 5.97 Å². The molecule has 0 bridgehead atoms. The Hall–Kier alpha value is -2.83. The van der Waals surface area contributed by atoms with Crippen molar-refractivity contribution in [2.75, 3.05) is 12.4 Å². The van der Waals surface area contributed by atoms with E-state index in [0.29, 0.717) is 26.9 Å². The molecule has 0 saturated carbocycles. The van der Waals surface area contributed by atoms with E-state index < -0.39 is 11.9 Å². The van der Waals surface area contributed by atoms with Crippen molar-refractivity contribution in [2.24, 2.45) is 0 Å². The van der Waals surface area contributed by atoms with E-state index in [1.54, 1.807) is 42.5 Å². The van der Waals surface area contributed by atoms with Crippen molar-refractivity contribution in [2.45, 2.75) is 0 Å². The van der Waals surface area contributed by atoms with Crippen LogP contribution in [0.1, 0.15) is 20.8 Å². The predicted octanol–water partition coefficient (Wildman–Crippen LogP) is 4.69. The average Bonchev–Trinajstić information content (AvgIpc) is 3.14. The molecule has 6 nitrogen and oxygen atoms in total. The van der Waals surface area contributed by atoms with Crippen LogP contribution in [0.5, 0.6) is 0 Å². The van der Waals surface area contributed by atoms with Gasteiger partial charge in [-0.15, -0.1) is 0 Å². The summed E-state index contributed by atoms with van der Waals surface area (Å²) in [5, 5.41) is 3.44. The predicted molar refractivity (Wildman–Crippen MR) is 97.7 cm³/mol. The van der Waals surface area contributed by atoms with Crippen LogP contribution in [-0.2, 0) is 4.74 Å². The van der Waals surface area contributed by atoms with Crippen LogP contribution in [0.4, 0.5) is 5.69 Å². The Balaban J connectivity index is 1.73. The van der Waals surface area contributed by atoms with E-state index in [4.69, 9.17) is 27.6 Å². The molecular formula is C18H12Cl2N2O4. The van der Waals surface area contributed by atoms with Gasteiger partial charge in [0.05, 0.1) is 22.7 Å². The molecule has 0 aliphatic heterocycles. The molecule has 0 fully saturated rings. The van der Waals surface area contributed by atoms with Gasteiger partial charge in [0, 0.05) is 11.3 Å². The minimum Gasteiger partial charge on any atom is -0.465 e. The van der Waals surface area contributed by atoms with E-state index in [9.17, 15) is 9.59 Å². The van der Waals surface area contributed by atoms with Gasteiger partial charge in [-0.1, -0.05) is 23.2 Å². The lowest BCUT2D eigenvalue weighted by Gasteiger charge is -2.04. The Kier molecular flexibility index (Phi) is 5.25. The maximum Gasteiger partial charge on any atom is 0.337 e. The van der Waals surface area contributed by atoms with Crippen molar-refractivity contribution in [1.29, 1.82) is 0 Å². The first kappa shape index (κ1) is 18.0. The van der Waals surface area contributed by atoms with Crippen LogP contribution in [0.15, 0.2) is 53.1 Å². The zero-order valence-electron chi connectivity index (χ0n) is 13.5. The summed E-state index contributed by atoms with van der Waals surface area (Å²) in [5.74, 6) is -0.661. The van der Waals surface area contributed by atoms with Crippen LogP contribution < -0.4 is 5.32 Å². The molecule has 0 spiro atoms. The zero-order valence-corrected chi connectivity index (χ0v) is 15.0. The molecule has 0 aliphatic rings. The Labute approximate surface area is 158 Å². The Morgan fingerprint density at radius 2 is 1.81 bits per heavy atom. The number of rotatable bonds is 4. The highest BCUT2D eigenvalue weighted by Gasteiger charge is 2.15. The number of hydrogen-bond donors (Lipinski definition) is 1. The van der Waals surface area contributed by atoms with E-state index in [-0.39, 0.29) is 11.6 Å². The molecule has 2 aromatic carbocycles. The number of carbonyl (C=O) groups excluding carboxylic acids is 2. The van der Waals surface area contributed by atoms with Gasteiger partial charge < -0.3 is 14.5 Å². The summed E-state index contributed by atoms with van der Waals surface area (Å²) in [6.07, 6.45) is 1.25. The monoisotopic (exact) mass is 390 g/mol. The SMILES string of the molecule is COC(=O)c1ccc(NC(=O)c2coc(-c3ccc(Cl)c(Cl)c3)n2)cc1.